The summed E-state index contributed by atoms with van der Waals surface area (Å²) in [5.74, 6) is 0. The van der Waals surface area contributed by atoms with Crippen molar-refractivity contribution in [3.8, 4) is 11.1 Å². The number of rotatable bonds is 3. The standard InChI is InChI=1S/C54H51BN2O/c1-52(2,3)35-22-28-39(29-23-35)56-44-31-25-36(53(4,5)6)32-43(44)55-42-30-24-37(54(7,8)9)33-47(42)57(46-17-13-16-45(56)51(46)55)38-26-20-34(21-27-38)40-15-12-19-49-50(40)41-14-10-11-18-48(41)58-49/h10-33H,1-9H3. The maximum Gasteiger partial charge on any atom is 0.252 e. The van der Waals surface area contributed by atoms with Crippen molar-refractivity contribution in [2.45, 2.75) is 78.6 Å². The first-order chi connectivity index (χ1) is 27.7. The van der Waals surface area contributed by atoms with Crippen molar-refractivity contribution in [3.05, 3.63) is 162 Å². The minimum absolute atomic E-state index is 0.00244. The summed E-state index contributed by atoms with van der Waals surface area (Å²) in [5.41, 5.74) is 19.5. The maximum absolute atomic E-state index is 6.29. The molecule has 0 N–H and O–H groups in total. The second-order valence-corrected chi connectivity index (χ2v) is 19.5. The van der Waals surface area contributed by atoms with E-state index >= 15 is 0 Å². The summed E-state index contributed by atoms with van der Waals surface area (Å²) in [4.78, 5) is 5.03. The van der Waals surface area contributed by atoms with Crippen molar-refractivity contribution in [1.29, 1.82) is 0 Å². The van der Waals surface area contributed by atoms with Crippen LogP contribution in [0.1, 0.15) is 79.0 Å². The lowest BCUT2D eigenvalue weighted by molar-refractivity contribution is 0.590. The molecule has 7 aromatic carbocycles. The molecular weight excluding hydrogens is 703 g/mol. The molecule has 2 aliphatic heterocycles. The largest absolute Gasteiger partial charge is 0.456 e. The molecule has 3 heterocycles. The van der Waals surface area contributed by atoms with Crippen molar-refractivity contribution in [3.63, 3.8) is 0 Å². The van der Waals surface area contributed by atoms with Gasteiger partial charge in [0.05, 0.1) is 0 Å². The van der Waals surface area contributed by atoms with Crippen molar-refractivity contribution >= 4 is 79.2 Å². The summed E-state index contributed by atoms with van der Waals surface area (Å²) < 4.78 is 6.29. The third-order valence-electron chi connectivity index (χ3n) is 12.6. The van der Waals surface area contributed by atoms with E-state index in [0.29, 0.717) is 0 Å². The van der Waals surface area contributed by atoms with Crippen LogP contribution in [0.25, 0.3) is 33.1 Å². The van der Waals surface area contributed by atoms with E-state index in [2.05, 4.69) is 212 Å². The minimum Gasteiger partial charge on any atom is -0.456 e. The Balaban J connectivity index is 1.20. The third kappa shape index (κ3) is 5.71. The van der Waals surface area contributed by atoms with Gasteiger partial charge in [-0.1, -0.05) is 147 Å². The fourth-order valence-corrected chi connectivity index (χ4v) is 9.34. The van der Waals surface area contributed by atoms with Crippen LogP contribution in [0.4, 0.5) is 34.1 Å². The topological polar surface area (TPSA) is 19.6 Å². The lowest BCUT2D eigenvalue weighted by Crippen LogP contribution is -2.61. The van der Waals surface area contributed by atoms with Gasteiger partial charge in [-0.25, -0.2) is 0 Å². The van der Waals surface area contributed by atoms with Crippen LogP contribution in [0.15, 0.2) is 150 Å². The number of fused-ring (bicyclic) bond motifs is 7. The van der Waals surface area contributed by atoms with E-state index in [1.807, 2.05) is 6.07 Å². The molecule has 0 radical (unpaired) electrons. The Hall–Kier alpha value is -6.00. The van der Waals surface area contributed by atoms with Crippen LogP contribution in [0, 0.1) is 0 Å². The van der Waals surface area contributed by atoms with Crippen molar-refractivity contribution < 1.29 is 4.42 Å². The zero-order valence-corrected chi connectivity index (χ0v) is 35.2. The molecule has 3 nitrogen and oxygen atoms in total. The number of nitrogens with zero attached hydrogens (tertiary/aromatic N) is 2. The van der Waals surface area contributed by atoms with E-state index in [1.54, 1.807) is 0 Å². The molecule has 1 aromatic heterocycles. The molecule has 2 aliphatic rings. The van der Waals surface area contributed by atoms with E-state index in [4.69, 9.17) is 4.42 Å². The van der Waals surface area contributed by atoms with Gasteiger partial charge in [-0.15, -0.1) is 0 Å². The first-order valence-corrected chi connectivity index (χ1v) is 20.8. The average molecular weight is 755 g/mol. The van der Waals surface area contributed by atoms with Gasteiger partial charge in [0.2, 0.25) is 0 Å². The highest BCUT2D eigenvalue weighted by Crippen LogP contribution is 2.46. The lowest BCUT2D eigenvalue weighted by Gasteiger charge is -2.45. The van der Waals surface area contributed by atoms with Gasteiger partial charge in [-0.05, 0) is 121 Å². The van der Waals surface area contributed by atoms with Crippen molar-refractivity contribution in [2.75, 3.05) is 9.80 Å². The van der Waals surface area contributed by atoms with Gasteiger partial charge in [-0.3, -0.25) is 0 Å². The Labute approximate surface area is 344 Å². The van der Waals surface area contributed by atoms with Crippen molar-refractivity contribution in [2.24, 2.45) is 0 Å². The molecule has 0 fully saturated rings. The Morgan fingerprint density at radius 2 is 0.983 bits per heavy atom. The van der Waals surface area contributed by atoms with Crippen LogP contribution in [-0.4, -0.2) is 6.71 Å². The van der Waals surface area contributed by atoms with Gasteiger partial charge in [0.25, 0.3) is 6.71 Å². The van der Waals surface area contributed by atoms with Crippen LogP contribution in [0.5, 0.6) is 0 Å². The van der Waals surface area contributed by atoms with Crippen LogP contribution in [0.3, 0.4) is 0 Å². The van der Waals surface area contributed by atoms with Crippen LogP contribution >= 0.6 is 0 Å². The Morgan fingerprint density at radius 3 is 1.66 bits per heavy atom. The van der Waals surface area contributed by atoms with E-state index in [1.165, 1.54) is 72.6 Å². The molecule has 0 saturated heterocycles. The molecule has 0 amide bonds. The highest BCUT2D eigenvalue weighted by Gasteiger charge is 2.44. The van der Waals surface area contributed by atoms with E-state index < -0.39 is 0 Å². The van der Waals surface area contributed by atoms with Gasteiger partial charge >= 0.3 is 0 Å². The lowest BCUT2D eigenvalue weighted by atomic mass is 9.33. The number of hydrogen-bond acceptors (Lipinski definition) is 3. The molecule has 8 aromatic rings. The zero-order chi connectivity index (χ0) is 40.3. The summed E-state index contributed by atoms with van der Waals surface area (Å²) in [6.07, 6.45) is 0. The van der Waals surface area contributed by atoms with Crippen LogP contribution in [0.2, 0.25) is 0 Å². The zero-order valence-electron chi connectivity index (χ0n) is 35.2. The Morgan fingerprint density at radius 1 is 0.431 bits per heavy atom. The molecule has 0 aliphatic carbocycles. The van der Waals surface area contributed by atoms with E-state index in [-0.39, 0.29) is 23.0 Å². The number of anilines is 6. The second kappa shape index (κ2) is 12.8. The monoisotopic (exact) mass is 754 g/mol. The molecule has 0 spiro atoms. The van der Waals surface area contributed by atoms with Gasteiger partial charge in [0, 0.05) is 44.9 Å². The summed E-state index contributed by atoms with van der Waals surface area (Å²) in [7, 11) is 0. The Kier molecular flexibility index (Phi) is 7.99. The van der Waals surface area contributed by atoms with E-state index in [9.17, 15) is 0 Å². The molecule has 0 bridgehead atoms. The SMILES string of the molecule is CC(C)(C)c1ccc(N2c3ccc(C(C)(C)C)cc3B3c4ccc(C(C)(C)C)cc4N(c4ccc(-c5cccc6oc7ccccc7c56)cc4)c4cccc2c43)cc1. The summed E-state index contributed by atoms with van der Waals surface area (Å²) in [6, 6.07) is 54.6. The quantitative estimate of drug-likeness (QED) is 0.168. The normalized spacial score (nSPS) is 13.8. The summed E-state index contributed by atoms with van der Waals surface area (Å²) in [5, 5.41) is 2.30. The van der Waals surface area contributed by atoms with E-state index in [0.717, 1.165) is 27.6 Å². The first kappa shape index (κ1) is 36.4. The number of para-hydroxylation sites is 1. The highest BCUT2D eigenvalue weighted by atomic mass is 16.3. The number of hydrogen-bond donors (Lipinski definition) is 0. The molecular formula is C54H51BN2O. The molecule has 10 rings (SSSR count). The smallest absolute Gasteiger partial charge is 0.252 e. The molecule has 286 valence electrons. The number of benzene rings is 7. The van der Waals surface area contributed by atoms with Crippen LogP contribution < -0.4 is 26.2 Å². The second-order valence-electron chi connectivity index (χ2n) is 19.5. The third-order valence-corrected chi connectivity index (χ3v) is 12.6. The molecule has 4 heteroatoms. The summed E-state index contributed by atoms with van der Waals surface area (Å²) in [6.45, 7) is 20.9. The summed E-state index contributed by atoms with van der Waals surface area (Å²) >= 11 is 0. The fourth-order valence-electron chi connectivity index (χ4n) is 9.34. The predicted octanol–water partition coefficient (Wildman–Crippen LogP) is 13.2. The molecule has 58 heavy (non-hydrogen) atoms. The molecule has 0 unspecified atom stereocenters. The van der Waals surface area contributed by atoms with Crippen LogP contribution in [-0.2, 0) is 16.2 Å². The Bertz CT molecular complexity index is 2900. The fraction of sp³-hybridized carbons (Fsp3) is 0.222. The number of furan rings is 1. The van der Waals surface area contributed by atoms with Gasteiger partial charge in [-0.2, -0.15) is 0 Å². The average Bonchev–Trinajstić information content (AvgIpc) is 3.59. The predicted molar refractivity (Wildman–Crippen MR) is 249 cm³/mol. The minimum atomic E-state index is -0.0153. The van der Waals surface area contributed by atoms with Gasteiger partial charge in [0.15, 0.2) is 0 Å². The van der Waals surface area contributed by atoms with Crippen molar-refractivity contribution in [1.82, 2.24) is 0 Å². The van der Waals surface area contributed by atoms with Gasteiger partial charge < -0.3 is 14.2 Å². The molecule has 0 atom stereocenters. The molecule has 0 saturated carbocycles. The van der Waals surface area contributed by atoms with Gasteiger partial charge in [0.1, 0.15) is 11.2 Å². The maximum atomic E-state index is 6.29. The first-order valence-electron chi connectivity index (χ1n) is 20.8. The highest BCUT2D eigenvalue weighted by molar-refractivity contribution is 7.00.